The molecular weight excluding hydrogens is 358 g/mol. The lowest BCUT2D eigenvalue weighted by Crippen LogP contribution is -2.35. The van der Waals surface area contributed by atoms with E-state index in [2.05, 4.69) is 5.32 Å². The van der Waals surface area contributed by atoms with Gasteiger partial charge in [0.2, 0.25) is 0 Å². The number of amides is 1. The molecule has 3 aromatic rings. The van der Waals surface area contributed by atoms with Crippen LogP contribution in [0.15, 0.2) is 66.0 Å². The SMILES string of the molecule is Cc1ccc(-c2ccsc2C(=O)O[C@H](C)C(=O)NCc2ccccc2)cc1. The van der Waals surface area contributed by atoms with E-state index >= 15 is 0 Å². The largest absolute Gasteiger partial charge is 0.448 e. The third-order valence-corrected chi connectivity index (χ3v) is 5.07. The molecule has 0 aliphatic heterocycles. The van der Waals surface area contributed by atoms with Gasteiger partial charge in [-0.25, -0.2) is 4.79 Å². The number of ether oxygens (including phenoxy) is 1. The first-order chi connectivity index (χ1) is 13.0. The van der Waals surface area contributed by atoms with E-state index in [1.165, 1.54) is 11.3 Å². The highest BCUT2D eigenvalue weighted by atomic mass is 32.1. The van der Waals surface area contributed by atoms with E-state index in [9.17, 15) is 9.59 Å². The Hall–Kier alpha value is -2.92. The van der Waals surface area contributed by atoms with Crippen LogP contribution in [0.25, 0.3) is 11.1 Å². The number of esters is 1. The van der Waals surface area contributed by atoms with Gasteiger partial charge in [0.25, 0.3) is 5.91 Å². The third-order valence-electron chi connectivity index (χ3n) is 4.18. The Balaban J connectivity index is 1.62. The van der Waals surface area contributed by atoms with Gasteiger partial charge in [0.15, 0.2) is 6.10 Å². The first kappa shape index (κ1) is 18.9. The van der Waals surface area contributed by atoms with Crippen LogP contribution >= 0.6 is 11.3 Å². The van der Waals surface area contributed by atoms with Gasteiger partial charge in [-0.1, -0.05) is 60.2 Å². The zero-order valence-electron chi connectivity index (χ0n) is 15.3. The summed E-state index contributed by atoms with van der Waals surface area (Å²) in [6.45, 7) is 3.99. The van der Waals surface area contributed by atoms with Crippen molar-refractivity contribution in [1.82, 2.24) is 5.32 Å². The predicted molar refractivity (Wildman–Crippen MR) is 108 cm³/mol. The summed E-state index contributed by atoms with van der Waals surface area (Å²) in [4.78, 5) is 25.3. The Morgan fingerprint density at radius 1 is 1.04 bits per heavy atom. The molecule has 1 aromatic heterocycles. The lowest BCUT2D eigenvalue weighted by atomic mass is 10.1. The Morgan fingerprint density at radius 2 is 1.74 bits per heavy atom. The van der Waals surface area contributed by atoms with Gasteiger partial charge in [-0.2, -0.15) is 0 Å². The maximum Gasteiger partial charge on any atom is 0.349 e. The van der Waals surface area contributed by atoms with Gasteiger partial charge >= 0.3 is 5.97 Å². The molecular formula is C22H21NO3S. The molecule has 3 rings (SSSR count). The Morgan fingerprint density at radius 3 is 2.44 bits per heavy atom. The fourth-order valence-corrected chi connectivity index (χ4v) is 3.42. The van der Waals surface area contributed by atoms with E-state index in [1.807, 2.05) is 73.0 Å². The van der Waals surface area contributed by atoms with E-state index in [0.29, 0.717) is 11.4 Å². The Labute approximate surface area is 162 Å². The minimum Gasteiger partial charge on any atom is -0.448 e. The van der Waals surface area contributed by atoms with Crippen LogP contribution in [0.2, 0.25) is 0 Å². The predicted octanol–water partition coefficient (Wildman–Crippen LogP) is 4.59. The monoisotopic (exact) mass is 379 g/mol. The van der Waals surface area contributed by atoms with E-state index in [0.717, 1.165) is 22.3 Å². The third kappa shape index (κ3) is 4.83. The molecule has 0 saturated heterocycles. The molecule has 1 atom stereocenters. The Kier molecular flexibility index (Phi) is 6.04. The van der Waals surface area contributed by atoms with Crippen LogP contribution in [0.5, 0.6) is 0 Å². The van der Waals surface area contributed by atoms with Crippen LogP contribution in [0.4, 0.5) is 0 Å². The number of carbonyl (C=O) groups excluding carboxylic acids is 2. The molecule has 2 aromatic carbocycles. The molecule has 0 unspecified atom stereocenters. The summed E-state index contributed by atoms with van der Waals surface area (Å²) in [5, 5.41) is 4.64. The maximum absolute atomic E-state index is 12.6. The van der Waals surface area contributed by atoms with Gasteiger partial charge in [-0.05, 0) is 36.4 Å². The fourth-order valence-electron chi connectivity index (χ4n) is 2.62. The second-order valence-corrected chi connectivity index (χ2v) is 7.20. The van der Waals surface area contributed by atoms with Crippen LogP contribution in [-0.2, 0) is 16.1 Å². The highest BCUT2D eigenvalue weighted by Crippen LogP contribution is 2.29. The van der Waals surface area contributed by atoms with Crippen LogP contribution in [-0.4, -0.2) is 18.0 Å². The van der Waals surface area contributed by atoms with Crippen molar-refractivity contribution >= 4 is 23.2 Å². The van der Waals surface area contributed by atoms with Crippen LogP contribution < -0.4 is 5.32 Å². The number of carbonyl (C=O) groups is 2. The number of hydrogen-bond acceptors (Lipinski definition) is 4. The lowest BCUT2D eigenvalue weighted by Gasteiger charge is -2.14. The van der Waals surface area contributed by atoms with Gasteiger partial charge in [0.1, 0.15) is 4.88 Å². The zero-order valence-corrected chi connectivity index (χ0v) is 16.1. The second kappa shape index (κ2) is 8.64. The highest BCUT2D eigenvalue weighted by molar-refractivity contribution is 7.12. The van der Waals surface area contributed by atoms with Crippen molar-refractivity contribution in [2.75, 3.05) is 0 Å². The smallest absolute Gasteiger partial charge is 0.349 e. The van der Waals surface area contributed by atoms with Gasteiger partial charge in [-0.15, -0.1) is 11.3 Å². The summed E-state index contributed by atoms with van der Waals surface area (Å²) in [6, 6.07) is 19.4. The van der Waals surface area contributed by atoms with E-state index in [1.54, 1.807) is 6.92 Å². The number of aryl methyl sites for hydroxylation is 1. The Bertz CT molecular complexity index is 916. The summed E-state index contributed by atoms with van der Waals surface area (Å²) in [7, 11) is 0. The molecule has 1 heterocycles. The topological polar surface area (TPSA) is 55.4 Å². The van der Waals surface area contributed by atoms with Gasteiger partial charge < -0.3 is 10.1 Å². The minimum absolute atomic E-state index is 0.319. The number of rotatable bonds is 6. The van der Waals surface area contributed by atoms with E-state index in [4.69, 9.17) is 4.74 Å². The van der Waals surface area contributed by atoms with Gasteiger partial charge in [0.05, 0.1) is 0 Å². The molecule has 0 fully saturated rings. The van der Waals surface area contributed by atoms with Crippen LogP contribution in [0.1, 0.15) is 27.7 Å². The molecule has 138 valence electrons. The van der Waals surface area contributed by atoms with Crippen molar-refractivity contribution in [3.63, 3.8) is 0 Å². The zero-order chi connectivity index (χ0) is 19.2. The summed E-state index contributed by atoms with van der Waals surface area (Å²) < 4.78 is 5.39. The molecule has 5 heteroatoms. The standard InChI is InChI=1S/C22H21NO3S/c1-15-8-10-18(11-9-15)19-12-13-27-20(19)22(25)26-16(2)21(24)23-14-17-6-4-3-5-7-17/h3-13,16H,14H2,1-2H3,(H,23,24)/t16-/m1/s1. The fraction of sp³-hybridized carbons (Fsp3) is 0.182. The van der Waals surface area contributed by atoms with Crippen molar-refractivity contribution in [1.29, 1.82) is 0 Å². The summed E-state index contributed by atoms with van der Waals surface area (Å²) >= 11 is 1.31. The van der Waals surface area contributed by atoms with Crippen molar-refractivity contribution in [2.45, 2.75) is 26.5 Å². The molecule has 0 radical (unpaired) electrons. The van der Waals surface area contributed by atoms with E-state index in [-0.39, 0.29) is 5.91 Å². The number of hydrogen-bond donors (Lipinski definition) is 1. The number of thiophene rings is 1. The molecule has 1 N–H and O–H groups in total. The van der Waals surface area contributed by atoms with Crippen molar-refractivity contribution in [2.24, 2.45) is 0 Å². The number of nitrogens with one attached hydrogen (secondary N) is 1. The van der Waals surface area contributed by atoms with Crippen molar-refractivity contribution in [3.8, 4) is 11.1 Å². The molecule has 1 amide bonds. The van der Waals surface area contributed by atoms with Crippen molar-refractivity contribution < 1.29 is 14.3 Å². The van der Waals surface area contributed by atoms with Gasteiger partial charge in [-0.3, -0.25) is 4.79 Å². The first-order valence-corrected chi connectivity index (χ1v) is 9.59. The van der Waals surface area contributed by atoms with E-state index < -0.39 is 12.1 Å². The first-order valence-electron chi connectivity index (χ1n) is 8.72. The molecule has 4 nitrogen and oxygen atoms in total. The van der Waals surface area contributed by atoms with Gasteiger partial charge in [0, 0.05) is 12.1 Å². The molecule has 0 bridgehead atoms. The average molecular weight is 379 g/mol. The molecule has 0 aliphatic carbocycles. The van der Waals surface area contributed by atoms with Crippen LogP contribution in [0, 0.1) is 6.92 Å². The lowest BCUT2D eigenvalue weighted by molar-refractivity contribution is -0.129. The molecule has 0 aliphatic rings. The van der Waals surface area contributed by atoms with Crippen LogP contribution in [0.3, 0.4) is 0 Å². The maximum atomic E-state index is 12.6. The normalized spacial score (nSPS) is 11.6. The summed E-state index contributed by atoms with van der Waals surface area (Å²) in [5.41, 5.74) is 3.92. The second-order valence-electron chi connectivity index (χ2n) is 6.28. The molecule has 27 heavy (non-hydrogen) atoms. The summed E-state index contributed by atoms with van der Waals surface area (Å²) in [6.07, 6.45) is -0.866. The quantitative estimate of drug-likeness (QED) is 0.638. The highest BCUT2D eigenvalue weighted by Gasteiger charge is 2.22. The molecule has 0 saturated carbocycles. The van der Waals surface area contributed by atoms with Crippen molar-refractivity contribution in [3.05, 3.63) is 82.0 Å². The molecule has 0 spiro atoms. The average Bonchev–Trinajstić information content (AvgIpc) is 3.17. The summed E-state index contributed by atoms with van der Waals surface area (Å²) in [5.74, 6) is -0.802. The number of benzene rings is 2. The minimum atomic E-state index is -0.866.